The van der Waals surface area contributed by atoms with Gasteiger partial charge in [-0.2, -0.15) is 22.5 Å². The van der Waals surface area contributed by atoms with Gasteiger partial charge in [0, 0.05) is 20.1 Å². The molecule has 0 spiro atoms. The van der Waals surface area contributed by atoms with Crippen LogP contribution in [0.3, 0.4) is 0 Å². The van der Waals surface area contributed by atoms with Crippen LogP contribution in [-0.2, 0) is 4.79 Å². The second-order valence-electron chi connectivity index (χ2n) is 5.11. The normalized spacial score (nSPS) is 18.6. The third-order valence-corrected chi connectivity index (χ3v) is 3.45. The summed E-state index contributed by atoms with van der Waals surface area (Å²) in [7, 11) is 1.54. The maximum absolute atomic E-state index is 13.8. The smallest absolute Gasteiger partial charge is 0.253 e. The number of halogens is 4. The van der Waals surface area contributed by atoms with Crippen molar-refractivity contribution in [3.63, 3.8) is 0 Å². The molecule has 0 aliphatic carbocycles. The van der Waals surface area contributed by atoms with Crippen LogP contribution in [-0.4, -0.2) is 41.5 Å². The molecular formula is C12H13F4N3O. The largest absolute Gasteiger partial charge is 0.351 e. The molecule has 4 nitrogen and oxygen atoms in total. The third kappa shape index (κ3) is 1.99. The molecule has 0 radical (unpaired) electrons. The van der Waals surface area contributed by atoms with Gasteiger partial charge in [0.1, 0.15) is 11.2 Å². The highest BCUT2D eigenvalue weighted by Crippen LogP contribution is 2.33. The van der Waals surface area contributed by atoms with Crippen molar-refractivity contribution in [2.45, 2.75) is 19.4 Å². The van der Waals surface area contributed by atoms with Gasteiger partial charge in [-0.1, -0.05) is 0 Å². The molecule has 0 unspecified atom stereocenters. The first kappa shape index (κ1) is 14.5. The Morgan fingerprint density at radius 1 is 1.05 bits per heavy atom. The predicted octanol–water partition coefficient (Wildman–Crippen LogP) is 1.70. The van der Waals surface area contributed by atoms with Crippen LogP contribution in [0.2, 0.25) is 0 Å². The summed E-state index contributed by atoms with van der Waals surface area (Å²) in [6.07, 6.45) is 0. The number of rotatable bonds is 1. The minimum atomic E-state index is -1.74. The number of hydrogen-bond acceptors (Lipinski definition) is 3. The zero-order chi connectivity index (χ0) is 15.2. The van der Waals surface area contributed by atoms with Crippen LogP contribution < -0.4 is 4.90 Å². The van der Waals surface area contributed by atoms with Gasteiger partial charge < -0.3 is 9.80 Å². The van der Waals surface area contributed by atoms with Gasteiger partial charge in [-0.15, -0.1) is 0 Å². The Kier molecular flexibility index (Phi) is 3.35. The molecule has 20 heavy (non-hydrogen) atoms. The van der Waals surface area contributed by atoms with Crippen molar-refractivity contribution < 1.29 is 22.4 Å². The lowest BCUT2D eigenvalue weighted by Gasteiger charge is -2.46. The number of aromatic nitrogens is 1. The number of hydrogen-bond donors (Lipinski definition) is 0. The van der Waals surface area contributed by atoms with Crippen LogP contribution in [0.15, 0.2) is 0 Å². The number of nitrogens with zero attached hydrogens (tertiary/aromatic N) is 3. The summed E-state index contributed by atoms with van der Waals surface area (Å²) in [5.41, 5.74) is -2.23. The maximum Gasteiger partial charge on any atom is 0.253 e. The number of amides is 1. The van der Waals surface area contributed by atoms with Crippen LogP contribution in [0.25, 0.3) is 0 Å². The van der Waals surface area contributed by atoms with E-state index >= 15 is 0 Å². The fourth-order valence-corrected chi connectivity index (χ4v) is 2.32. The Balaban J connectivity index is 2.60. The topological polar surface area (TPSA) is 36.4 Å². The highest BCUT2D eigenvalue weighted by Gasteiger charge is 2.43. The van der Waals surface area contributed by atoms with Crippen molar-refractivity contribution in [3.8, 4) is 0 Å². The molecule has 1 aliphatic rings. The molecule has 0 aromatic carbocycles. The van der Waals surface area contributed by atoms with E-state index in [1.807, 2.05) is 0 Å². The van der Waals surface area contributed by atoms with Crippen LogP contribution in [0.1, 0.15) is 13.8 Å². The molecule has 0 N–H and O–H groups in total. The Bertz CT molecular complexity index is 550. The Morgan fingerprint density at radius 2 is 1.55 bits per heavy atom. The molecule has 0 bridgehead atoms. The number of pyridine rings is 1. The van der Waals surface area contributed by atoms with Crippen LogP contribution in [0.5, 0.6) is 0 Å². The van der Waals surface area contributed by atoms with Gasteiger partial charge in [0.25, 0.3) is 11.9 Å². The van der Waals surface area contributed by atoms with Gasteiger partial charge >= 0.3 is 0 Å². The number of anilines is 1. The number of carbonyl (C=O) groups excluding carboxylic acids is 1. The summed E-state index contributed by atoms with van der Waals surface area (Å²) in [4.78, 5) is 17.0. The van der Waals surface area contributed by atoms with Gasteiger partial charge in [0.05, 0.1) is 0 Å². The van der Waals surface area contributed by atoms with E-state index in [0.717, 1.165) is 4.90 Å². The van der Waals surface area contributed by atoms with Crippen LogP contribution in [0.4, 0.5) is 23.2 Å². The molecule has 1 aliphatic heterocycles. The summed E-state index contributed by atoms with van der Waals surface area (Å²) in [5.74, 6) is -7.08. The quantitative estimate of drug-likeness (QED) is 0.583. The Labute approximate surface area is 113 Å². The summed E-state index contributed by atoms with van der Waals surface area (Å²) in [6, 6.07) is 0. The molecule has 0 atom stereocenters. The van der Waals surface area contributed by atoms with E-state index < -0.39 is 40.7 Å². The SMILES string of the molecule is CN1CCN(c2c(F)c(F)nc(F)c2F)C(C)(C)C1=O. The lowest BCUT2D eigenvalue weighted by molar-refractivity contribution is -0.136. The van der Waals surface area contributed by atoms with Crippen molar-refractivity contribution >= 4 is 11.6 Å². The lowest BCUT2D eigenvalue weighted by atomic mass is 9.97. The molecule has 1 aromatic heterocycles. The third-order valence-electron chi connectivity index (χ3n) is 3.45. The highest BCUT2D eigenvalue weighted by atomic mass is 19.2. The lowest BCUT2D eigenvalue weighted by Crippen LogP contribution is -2.62. The Hall–Kier alpha value is -1.86. The molecule has 1 aromatic rings. The monoisotopic (exact) mass is 291 g/mol. The molecule has 1 saturated heterocycles. The van der Waals surface area contributed by atoms with Crippen molar-refractivity contribution in [2.24, 2.45) is 0 Å². The summed E-state index contributed by atoms with van der Waals surface area (Å²) in [5, 5.41) is 0. The van der Waals surface area contributed by atoms with Gasteiger partial charge in [-0.3, -0.25) is 4.79 Å². The summed E-state index contributed by atoms with van der Waals surface area (Å²) in [6.45, 7) is 3.10. The maximum atomic E-state index is 13.8. The van der Waals surface area contributed by atoms with Crippen LogP contribution in [0, 0.1) is 23.5 Å². The fourth-order valence-electron chi connectivity index (χ4n) is 2.32. The first-order valence-corrected chi connectivity index (χ1v) is 5.91. The van der Waals surface area contributed by atoms with E-state index in [2.05, 4.69) is 4.98 Å². The average Bonchev–Trinajstić information content (AvgIpc) is 2.37. The second kappa shape index (κ2) is 4.60. The summed E-state index contributed by atoms with van der Waals surface area (Å²) < 4.78 is 53.9. The Morgan fingerprint density at radius 3 is 2.05 bits per heavy atom. The standard InChI is InChI=1S/C12H13F4N3O/c1-12(2)11(20)18(3)4-5-19(12)8-6(13)9(15)17-10(16)7(8)14/h4-5H2,1-3H3. The van der Waals surface area contributed by atoms with Gasteiger partial charge in [0.15, 0.2) is 0 Å². The van der Waals surface area contributed by atoms with E-state index in [1.54, 1.807) is 7.05 Å². The van der Waals surface area contributed by atoms with Crippen LogP contribution >= 0.6 is 0 Å². The minimum absolute atomic E-state index is 0.0476. The minimum Gasteiger partial charge on any atom is -0.351 e. The van der Waals surface area contributed by atoms with Gasteiger partial charge in [-0.05, 0) is 13.8 Å². The molecule has 1 amide bonds. The second-order valence-corrected chi connectivity index (χ2v) is 5.11. The molecule has 2 heterocycles. The zero-order valence-corrected chi connectivity index (χ0v) is 11.2. The van der Waals surface area contributed by atoms with E-state index in [-0.39, 0.29) is 13.1 Å². The van der Waals surface area contributed by atoms with E-state index in [9.17, 15) is 22.4 Å². The van der Waals surface area contributed by atoms with Crippen molar-refractivity contribution in [3.05, 3.63) is 23.5 Å². The zero-order valence-electron chi connectivity index (χ0n) is 11.2. The molecule has 0 saturated carbocycles. The van der Waals surface area contributed by atoms with Gasteiger partial charge in [0.2, 0.25) is 17.5 Å². The van der Waals surface area contributed by atoms with Crippen molar-refractivity contribution in [1.29, 1.82) is 0 Å². The van der Waals surface area contributed by atoms with Crippen molar-refractivity contribution in [1.82, 2.24) is 9.88 Å². The number of likely N-dealkylation sites (N-methyl/N-ethyl adjacent to an activating group) is 1. The molecular weight excluding hydrogens is 278 g/mol. The number of carbonyl (C=O) groups is 1. The number of piperazine rings is 1. The molecule has 2 rings (SSSR count). The van der Waals surface area contributed by atoms with Crippen molar-refractivity contribution in [2.75, 3.05) is 25.0 Å². The van der Waals surface area contributed by atoms with E-state index in [1.165, 1.54) is 18.7 Å². The van der Waals surface area contributed by atoms with E-state index in [4.69, 9.17) is 0 Å². The predicted molar refractivity (Wildman–Crippen MR) is 63.1 cm³/mol. The van der Waals surface area contributed by atoms with Gasteiger partial charge in [-0.25, -0.2) is 0 Å². The molecule has 1 fully saturated rings. The molecule has 110 valence electrons. The first-order valence-electron chi connectivity index (χ1n) is 5.91. The summed E-state index contributed by atoms with van der Waals surface area (Å²) >= 11 is 0. The first-order chi connectivity index (χ1) is 9.17. The molecule has 8 heteroatoms. The average molecular weight is 291 g/mol. The van der Waals surface area contributed by atoms with E-state index in [0.29, 0.717) is 0 Å². The highest BCUT2D eigenvalue weighted by molar-refractivity contribution is 5.90. The fraction of sp³-hybridized carbons (Fsp3) is 0.500.